The van der Waals surface area contributed by atoms with E-state index in [2.05, 4.69) is 26.6 Å². The number of amides is 2. The Labute approximate surface area is 195 Å². The molecule has 0 bridgehead atoms. The molecule has 0 atom stereocenters. The van der Waals surface area contributed by atoms with E-state index in [0.717, 1.165) is 11.1 Å². The number of nitrogens with one attached hydrogen (secondary N) is 2. The molecule has 0 unspecified atom stereocenters. The maximum Gasteiger partial charge on any atom is 0.261 e. The van der Waals surface area contributed by atoms with Crippen LogP contribution in [0.2, 0.25) is 0 Å². The summed E-state index contributed by atoms with van der Waals surface area (Å²) in [6.45, 7) is 3.74. The van der Waals surface area contributed by atoms with Gasteiger partial charge in [0.2, 0.25) is 0 Å². The SMILES string of the molecule is COc1cc(C=C(C(=O)Nc2ccccc2C)C(=O)Nc2ccccc2C)c(Br)cc1O. The fourth-order valence-corrected chi connectivity index (χ4v) is 3.47. The molecule has 0 fully saturated rings. The van der Waals surface area contributed by atoms with Gasteiger partial charge in [0.25, 0.3) is 11.8 Å². The van der Waals surface area contributed by atoms with Crippen LogP contribution in [0.4, 0.5) is 11.4 Å². The zero-order chi connectivity index (χ0) is 23.3. The summed E-state index contributed by atoms with van der Waals surface area (Å²) in [5.74, 6) is -0.974. The molecule has 3 N–H and O–H groups in total. The average Bonchev–Trinajstić information content (AvgIpc) is 2.76. The number of carbonyl (C=O) groups excluding carboxylic acids is 2. The number of methoxy groups -OCH3 is 1. The van der Waals surface area contributed by atoms with Crippen LogP contribution in [0.25, 0.3) is 6.08 Å². The molecule has 0 aliphatic rings. The Balaban J connectivity index is 2.03. The summed E-state index contributed by atoms with van der Waals surface area (Å²) < 4.78 is 5.67. The largest absolute Gasteiger partial charge is 0.504 e. The van der Waals surface area contributed by atoms with Crippen LogP contribution in [0.3, 0.4) is 0 Å². The quantitative estimate of drug-likeness (QED) is 0.242. The highest BCUT2D eigenvalue weighted by Gasteiger charge is 2.21. The Morgan fingerprint density at radius 3 is 1.88 bits per heavy atom. The number of hydrogen-bond acceptors (Lipinski definition) is 4. The van der Waals surface area contributed by atoms with Gasteiger partial charge < -0.3 is 20.5 Å². The molecule has 0 aliphatic carbocycles. The van der Waals surface area contributed by atoms with Crippen LogP contribution in [0.15, 0.2) is 70.7 Å². The lowest BCUT2D eigenvalue weighted by Crippen LogP contribution is -2.26. The number of anilines is 2. The number of rotatable bonds is 6. The van der Waals surface area contributed by atoms with Gasteiger partial charge in [-0.1, -0.05) is 52.3 Å². The standard InChI is InChI=1S/C25H23BrN2O4/c1-15-8-4-6-10-20(15)27-24(30)18(25(31)28-21-11-7-5-9-16(21)2)12-17-13-23(32-3)22(29)14-19(17)26/h4-14,29H,1-3H3,(H,27,30)(H,28,31). The predicted molar refractivity (Wildman–Crippen MR) is 130 cm³/mol. The molecule has 0 aromatic heterocycles. The minimum Gasteiger partial charge on any atom is -0.504 e. The summed E-state index contributed by atoms with van der Waals surface area (Å²) in [5.41, 5.74) is 3.34. The Bertz CT molecular complexity index is 1140. The molecule has 164 valence electrons. The van der Waals surface area contributed by atoms with Crippen molar-refractivity contribution >= 4 is 45.2 Å². The van der Waals surface area contributed by atoms with Gasteiger partial charge in [0.05, 0.1) is 7.11 Å². The highest BCUT2D eigenvalue weighted by molar-refractivity contribution is 9.10. The molecule has 0 aliphatic heterocycles. The molecule has 2 amide bonds. The molecule has 0 heterocycles. The molecule has 3 aromatic carbocycles. The maximum absolute atomic E-state index is 13.2. The second kappa shape index (κ2) is 10.2. The molecule has 0 saturated carbocycles. The summed E-state index contributed by atoms with van der Waals surface area (Å²) in [4.78, 5) is 26.4. The van der Waals surface area contributed by atoms with E-state index in [0.29, 0.717) is 21.4 Å². The van der Waals surface area contributed by atoms with Crippen molar-refractivity contribution in [3.05, 3.63) is 87.4 Å². The van der Waals surface area contributed by atoms with Gasteiger partial charge in [0.1, 0.15) is 5.57 Å². The van der Waals surface area contributed by atoms with Crippen molar-refractivity contribution in [2.75, 3.05) is 17.7 Å². The van der Waals surface area contributed by atoms with E-state index >= 15 is 0 Å². The average molecular weight is 495 g/mol. The number of ether oxygens (including phenoxy) is 1. The fraction of sp³-hybridized carbons (Fsp3) is 0.120. The molecular formula is C25H23BrN2O4. The minimum absolute atomic E-state index is 0.0631. The van der Waals surface area contributed by atoms with Crippen molar-refractivity contribution in [1.82, 2.24) is 0 Å². The van der Waals surface area contributed by atoms with E-state index in [-0.39, 0.29) is 17.1 Å². The molecule has 0 radical (unpaired) electrons. The van der Waals surface area contributed by atoms with E-state index in [1.807, 2.05) is 38.1 Å². The van der Waals surface area contributed by atoms with Crippen LogP contribution in [-0.4, -0.2) is 24.0 Å². The van der Waals surface area contributed by atoms with Crippen molar-refractivity contribution in [3.63, 3.8) is 0 Å². The van der Waals surface area contributed by atoms with Gasteiger partial charge in [-0.3, -0.25) is 9.59 Å². The number of phenols is 1. The van der Waals surface area contributed by atoms with Gasteiger partial charge in [-0.2, -0.15) is 0 Å². The Morgan fingerprint density at radius 1 is 0.906 bits per heavy atom. The van der Waals surface area contributed by atoms with Gasteiger partial charge in [0, 0.05) is 15.8 Å². The molecular weight excluding hydrogens is 472 g/mol. The molecule has 3 aromatic rings. The van der Waals surface area contributed by atoms with Gasteiger partial charge in [-0.15, -0.1) is 0 Å². The monoisotopic (exact) mass is 494 g/mol. The number of aryl methyl sites for hydroxylation is 2. The maximum atomic E-state index is 13.2. The summed E-state index contributed by atoms with van der Waals surface area (Å²) in [6.07, 6.45) is 1.45. The Morgan fingerprint density at radius 2 is 1.41 bits per heavy atom. The molecule has 0 saturated heterocycles. The number of benzene rings is 3. The third-order valence-corrected chi connectivity index (χ3v) is 5.56. The normalized spacial score (nSPS) is 10.2. The summed E-state index contributed by atoms with van der Waals surface area (Å²) in [7, 11) is 1.42. The first-order valence-corrected chi connectivity index (χ1v) is 10.6. The second-order valence-corrected chi connectivity index (χ2v) is 8.00. The van der Waals surface area contributed by atoms with E-state index in [1.165, 1.54) is 19.3 Å². The first-order chi connectivity index (χ1) is 15.3. The van der Waals surface area contributed by atoms with Crippen molar-refractivity contribution in [1.29, 1.82) is 0 Å². The highest BCUT2D eigenvalue weighted by atomic mass is 79.9. The lowest BCUT2D eigenvalue weighted by molar-refractivity contribution is -0.118. The van der Waals surface area contributed by atoms with E-state index < -0.39 is 11.8 Å². The van der Waals surface area contributed by atoms with Crippen LogP contribution < -0.4 is 15.4 Å². The van der Waals surface area contributed by atoms with Crippen LogP contribution >= 0.6 is 15.9 Å². The van der Waals surface area contributed by atoms with Gasteiger partial charge >= 0.3 is 0 Å². The number of phenolic OH excluding ortho intramolecular Hbond substituents is 1. The summed E-state index contributed by atoms with van der Waals surface area (Å²) >= 11 is 3.37. The number of hydrogen-bond donors (Lipinski definition) is 3. The second-order valence-electron chi connectivity index (χ2n) is 7.14. The first kappa shape index (κ1) is 23.1. The van der Waals surface area contributed by atoms with E-state index in [4.69, 9.17) is 4.74 Å². The molecule has 0 spiro atoms. The van der Waals surface area contributed by atoms with E-state index in [9.17, 15) is 14.7 Å². The Hall–Kier alpha value is -3.58. The number of carbonyl (C=O) groups is 2. The zero-order valence-electron chi connectivity index (χ0n) is 17.9. The molecule has 7 heteroatoms. The van der Waals surface area contributed by atoms with Crippen LogP contribution in [-0.2, 0) is 9.59 Å². The molecule has 3 rings (SSSR count). The van der Waals surface area contributed by atoms with Crippen LogP contribution in [0.5, 0.6) is 11.5 Å². The van der Waals surface area contributed by atoms with Gasteiger partial charge in [0.15, 0.2) is 11.5 Å². The number of halogens is 1. The fourth-order valence-electron chi connectivity index (χ4n) is 3.03. The van der Waals surface area contributed by atoms with Gasteiger partial charge in [-0.05, 0) is 60.9 Å². The topological polar surface area (TPSA) is 87.7 Å². The van der Waals surface area contributed by atoms with E-state index in [1.54, 1.807) is 30.3 Å². The number of aromatic hydroxyl groups is 1. The first-order valence-electron chi connectivity index (χ1n) is 9.82. The number of para-hydroxylation sites is 2. The van der Waals surface area contributed by atoms with Crippen molar-refractivity contribution < 1.29 is 19.4 Å². The third kappa shape index (κ3) is 5.36. The third-order valence-electron chi connectivity index (χ3n) is 4.87. The zero-order valence-corrected chi connectivity index (χ0v) is 19.5. The Kier molecular flexibility index (Phi) is 7.33. The van der Waals surface area contributed by atoms with Crippen molar-refractivity contribution in [2.45, 2.75) is 13.8 Å². The lowest BCUT2D eigenvalue weighted by Gasteiger charge is -2.14. The molecule has 32 heavy (non-hydrogen) atoms. The molecule has 6 nitrogen and oxygen atoms in total. The smallest absolute Gasteiger partial charge is 0.261 e. The minimum atomic E-state index is -0.565. The van der Waals surface area contributed by atoms with Crippen LogP contribution in [0.1, 0.15) is 16.7 Å². The van der Waals surface area contributed by atoms with Crippen molar-refractivity contribution in [3.8, 4) is 11.5 Å². The summed E-state index contributed by atoms with van der Waals surface area (Å²) in [6, 6.07) is 17.6. The summed E-state index contributed by atoms with van der Waals surface area (Å²) in [5, 5.41) is 15.6. The van der Waals surface area contributed by atoms with Crippen molar-refractivity contribution in [2.24, 2.45) is 0 Å². The lowest BCUT2D eigenvalue weighted by atomic mass is 10.1. The van der Waals surface area contributed by atoms with Crippen LogP contribution in [0, 0.1) is 13.8 Å². The predicted octanol–water partition coefficient (Wildman–Crippen LogP) is 5.44. The highest BCUT2D eigenvalue weighted by Crippen LogP contribution is 2.33. The van der Waals surface area contributed by atoms with Gasteiger partial charge in [-0.25, -0.2) is 0 Å².